The Morgan fingerprint density at radius 2 is 1.88 bits per heavy atom. The summed E-state index contributed by atoms with van der Waals surface area (Å²) in [6, 6.07) is -0.479. The van der Waals surface area contributed by atoms with Crippen LogP contribution in [0, 0.1) is 6.92 Å². The molecule has 8 heavy (non-hydrogen) atoms. The maximum Gasteiger partial charge on any atom is 0.0639 e. The van der Waals surface area contributed by atoms with Gasteiger partial charge in [-0.15, -0.1) is 0 Å². The lowest BCUT2D eigenvalue weighted by Gasteiger charge is -1.88. The predicted octanol–water partition coefficient (Wildman–Crippen LogP) is 2.65. The first-order valence-electron chi connectivity index (χ1n) is 4.19. The van der Waals surface area contributed by atoms with Gasteiger partial charge in [0.25, 0.3) is 0 Å². The molecule has 0 fully saturated rings. The third-order valence-corrected chi connectivity index (χ3v) is 0.908. The lowest BCUT2D eigenvalue weighted by molar-refractivity contribution is 1.48. The fourth-order valence-electron chi connectivity index (χ4n) is 0.360. The second-order valence-corrected chi connectivity index (χ2v) is 1.82. The van der Waals surface area contributed by atoms with Crippen molar-refractivity contribution in [1.82, 2.24) is 0 Å². The maximum absolute atomic E-state index is 7.35. The van der Waals surface area contributed by atoms with Gasteiger partial charge in [0, 0.05) is 5.02 Å². The summed E-state index contributed by atoms with van der Waals surface area (Å²) in [5.41, 5.74) is 0.328. The van der Waals surface area contributed by atoms with E-state index in [0.29, 0.717) is 5.56 Å². The number of hydrogen-bond donors (Lipinski definition) is 0. The van der Waals surface area contributed by atoms with E-state index in [-0.39, 0.29) is 29.2 Å². The molecular formula is C7H7Cl. The molecule has 0 radical (unpaired) electrons. The SMILES string of the molecule is [2H]c1c([2H])c(Cl)c([2H])c([2H])c1C. The van der Waals surface area contributed by atoms with E-state index in [1.807, 2.05) is 0 Å². The second kappa shape index (κ2) is 2.19. The van der Waals surface area contributed by atoms with Gasteiger partial charge in [0.05, 0.1) is 5.48 Å². The van der Waals surface area contributed by atoms with Crippen LogP contribution in [0.4, 0.5) is 0 Å². The van der Waals surface area contributed by atoms with Crippen molar-refractivity contribution in [2.45, 2.75) is 6.92 Å². The molecule has 1 rings (SSSR count). The molecule has 0 aliphatic carbocycles. The van der Waals surface area contributed by atoms with Gasteiger partial charge in [-0.25, -0.2) is 0 Å². The van der Waals surface area contributed by atoms with Crippen LogP contribution >= 0.6 is 11.6 Å². The van der Waals surface area contributed by atoms with Gasteiger partial charge >= 0.3 is 0 Å². The molecule has 0 N–H and O–H groups in total. The summed E-state index contributed by atoms with van der Waals surface area (Å²) < 4.78 is 29.3. The van der Waals surface area contributed by atoms with Crippen LogP contribution in [0.3, 0.4) is 0 Å². The zero-order valence-corrected chi connectivity index (χ0v) is 5.13. The number of benzene rings is 1. The van der Waals surface area contributed by atoms with E-state index in [9.17, 15) is 0 Å². The Morgan fingerprint density at radius 1 is 1.38 bits per heavy atom. The maximum atomic E-state index is 7.35. The Hall–Kier alpha value is -0.490. The standard InChI is InChI=1S/C7H7Cl/c1-6-2-4-7(8)5-3-6/h2-5H,1H3/i2D,3D,4D,5D. The zero-order chi connectivity index (χ0) is 9.46. The van der Waals surface area contributed by atoms with Crippen molar-refractivity contribution in [3.05, 3.63) is 34.8 Å². The van der Waals surface area contributed by atoms with Gasteiger partial charge in [0.2, 0.25) is 0 Å². The number of halogens is 1. The molecule has 0 saturated carbocycles. The summed E-state index contributed by atoms with van der Waals surface area (Å²) in [5.74, 6) is 0. The first-order chi connectivity index (χ1) is 5.46. The van der Waals surface area contributed by atoms with Crippen molar-refractivity contribution in [3.8, 4) is 0 Å². The van der Waals surface area contributed by atoms with Crippen LogP contribution in [-0.2, 0) is 0 Å². The van der Waals surface area contributed by atoms with Crippen molar-refractivity contribution in [2.75, 3.05) is 0 Å². The van der Waals surface area contributed by atoms with E-state index in [1.165, 1.54) is 6.92 Å². The van der Waals surface area contributed by atoms with Crippen molar-refractivity contribution >= 4 is 11.6 Å². The lowest BCUT2D eigenvalue weighted by Crippen LogP contribution is -1.66. The first-order valence-corrected chi connectivity index (χ1v) is 2.57. The molecule has 0 heterocycles. The molecule has 0 aliphatic rings. The third kappa shape index (κ3) is 1.24. The van der Waals surface area contributed by atoms with E-state index < -0.39 is 0 Å². The summed E-state index contributed by atoms with van der Waals surface area (Å²) in [6.07, 6.45) is 0. The van der Waals surface area contributed by atoms with Gasteiger partial charge in [-0.1, -0.05) is 29.2 Å². The zero-order valence-electron chi connectivity index (χ0n) is 8.38. The van der Waals surface area contributed by atoms with E-state index in [0.717, 1.165) is 0 Å². The minimum atomic E-state index is -0.171. The monoisotopic (exact) mass is 130 g/mol. The normalized spacial score (nSPS) is 16.2. The molecule has 1 aromatic carbocycles. The van der Waals surface area contributed by atoms with E-state index in [1.54, 1.807) is 0 Å². The van der Waals surface area contributed by atoms with Crippen LogP contribution in [0.15, 0.2) is 24.2 Å². The quantitative estimate of drug-likeness (QED) is 0.507. The highest BCUT2D eigenvalue weighted by atomic mass is 35.5. The van der Waals surface area contributed by atoms with Crippen LogP contribution in [0.2, 0.25) is 5.02 Å². The Labute approximate surface area is 59.7 Å². The lowest BCUT2D eigenvalue weighted by atomic mass is 10.2. The molecule has 0 nitrogen and oxygen atoms in total. The molecular weight excluding hydrogens is 120 g/mol. The average molecular weight is 131 g/mol. The van der Waals surface area contributed by atoms with Crippen molar-refractivity contribution in [2.24, 2.45) is 0 Å². The Bertz CT molecular complexity index is 230. The second-order valence-electron chi connectivity index (χ2n) is 1.44. The summed E-state index contributed by atoms with van der Waals surface area (Å²) >= 11 is 5.55. The molecule has 0 aromatic heterocycles. The number of rotatable bonds is 0. The summed E-state index contributed by atoms with van der Waals surface area (Å²) in [5, 5.41) is -0.115. The molecule has 0 bridgehead atoms. The fourth-order valence-corrected chi connectivity index (χ4v) is 0.454. The first kappa shape index (κ1) is 2.40. The minimum absolute atomic E-state index is 0.0685. The Morgan fingerprint density at radius 3 is 2.38 bits per heavy atom. The predicted molar refractivity (Wildman–Crippen MR) is 36.2 cm³/mol. The van der Waals surface area contributed by atoms with Crippen LogP contribution < -0.4 is 0 Å². The third-order valence-electron chi connectivity index (χ3n) is 0.719. The minimum Gasteiger partial charge on any atom is -0.0843 e. The van der Waals surface area contributed by atoms with Crippen LogP contribution in [0.25, 0.3) is 0 Å². The smallest absolute Gasteiger partial charge is 0.0639 e. The summed E-state index contributed by atoms with van der Waals surface area (Å²) in [4.78, 5) is 0. The highest BCUT2D eigenvalue weighted by molar-refractivity contribution is 6.30. The molecule has 42 valence electrons. The van der Waals surface area contributed by atoms with Gasteiger partial charge in [-0.2, -0.15) is 0 Å². The molecule has 0 unspecified atom stereocenters. The van der Waals surface area contributed by atoms with Gasteiger partial charge in [-0.05, 0) is 19.0 Å². The molecule has 1 heteroatoms. The van der Waals surface area contributed by atoms with Crippen molar-refractivity contribution in [3.63, 3.8) is 0 Å². The highest BCUT2D eigenvalue weighted by Gasteiger charge is 1.81. The molecule has 1 aromatic rings. The Balaban J connectivity index is 3.60. The molecule has 0 aliphatic heterocycles. The average Bonchev–Trinajstić information content (AvgIpc) is 2.08. The van der Waals surface area contributed by atoms with Crippen molar-refractivity contribution < 1.29 is 5.48 Å². The van der Waals surface area contributed by atoms with Crippen LogP contribution in [0.1, 0.15) is 11.0 Å². The van der Waals surface area contributed by atoms with E-state index in [4.69, 9.17) is 17.1 Å². The van der Waals surface area contributed by atoms with Gasteiger partial charge in [-0.3, -0.25) is 0 Å². The molecule has 0 saturated heterocycles. The summed E-state index contributed by atoms with van der Waals surface area (Å²) in [6.45, 7) is 1.54. The van der Waals surface area contributed by atoms with Gasteiger partial charge in [0.15, 0.2) is 0 Å². The molecule has 0 spiro atoms. The Kier molecular flexibility index (Phi) is 0.656. The highest BCUT2D eigenvalue weighted by Crippen LogP contribution is 2.07. The van der Waals surface area contributed by atoms with Crippen LogP contribution in [0.5, 0.6) is 0 Å². The van der Waals surface area contributed by atoms with E-state index >= 15 is 0 Å². The number of hydrogen-bond acceptors (Lipinski definition) is 0. The largest absolute Gasteiger partial charge is 0.0843 e. The van der Waals surface area contributed by atoms with Crippen LogP contribution in [-0.4, -0.2) is 0 Å². The molecule has 0 atom stereocenters. The molecule has 0 amide bonds. The topological polar surface area (TPSA) is 0 Å². The fraction of sp³-hybridized carbons (Fsp3) is 0.143. The van der Waals surface area contributed by atoms with Gasteiger partial charge < -0.3 is 0 Å². The van der Waals surface area contributed by atoms with E-state index in [2.05, 4.69) is 0 Å². The summed E-state index contributed by atoms with van der Waals surface area (Å²) in [7, 11) is 0. The van der Waals surface area contributed by atoms with Crippen molar-refractivity contribution in [1.29, 1.82) is 0 Å². The van der Waals surface area contributed by atoms with Gasteiger partial charge in [0.1, 0.15) is 0 Å².